The Kier molecular flexibility index (Phi) is 4.00. The predicted octanol–water partition coefficient (Wildman–Crippen LogP) is 2.58. The summed E-state index contributed by atoms with van der Waals surface area (Å²) in [5.41, 5.74) is 0.814. The topological polar surface area (TPSA) is 29.5 Å². The Labute approximate surface area is 97.5 Å². The van der Waals surface area contributed by atoms with Gasteiger partial charge in [-0.25, -0.2) is 4.79 Å². The smallest absolute Gasteiger partial charge is 0.410 e. The Hall–Kier alpha value is -1.43. The van der Waals surface area contributed by atoms with Crippen LogP contribution in [0.5, 0.6) is 0 Å². The van der Waals surface area contributed by atoms with Crippen molar-refractivity contribution in [3.63, 3.8) is 0 Å². The zero-order valence-electron chi connectivity index (χ0n) is 10.2. The molecule has 0 radical (unpaired) electrons. The first-order chi connectivity index (χ1) is 7.42. The minimum Gasteiger partial charge on any atom is -0.444 e. The molecule has 1 aliphatic heterocycles. The Morgan fingerprint density at radius 3 is 2.44 bits per heavy atom. The zero-order valence-corrected chi connectivity index (χ0v) is 10.2. The number of carbonyl (C=O) groups excluding carboxylic acids is 1. The highest BCUT2D eigenvalue weighted by Gasteiger charge is 2.24. The van der Waals surface area contributed by atoms with Crippen molar-refractivity contribution in [2.45, 2.75) is 39.2 Å². The highest BCUT2D eigenvalue weighted by Crippen LogP contribution is 2.18. The van der Waals surface area contributed by atoms with Crippen LogP contribution in [0.4, 0.5) is 4.79 Å². The van der Waals surface area contributed by atoms with E-state index < -0.39 is 5.60 Å². The van der Waals surface area contributed by atoms with Crippen molar-refractivity contribution in [2.75, 3.05) is 13.1 Å². The lowest BCUT2D eigenvalue weighted by atomic mass is 10.0. The fraction of sp³-hybridized carbons (Fsp3) is 0.615. The number of allylic oxidation sites excluding steroid dienone is 1. The molecule has 88 valence electrons. The van der Waals surface area contributed by atoms with Crippen LogP contribution in [0.1, 0.15) is 33.6 Å². The summed E-state index contributed by atoms with van der Waals surface area (Å²) in [6.07, 6.45) is 8.48. The third-order valence-corrected chi connectivity index (χ3v) is 2.34. The Morgan fingerprint density at radius 1 is 1.44 bits per heavy atom. The lowest BCUT2D eigenvalue weighted by molar-refractivity contribution is 0.0236. The van der Waals surface area contributed by atoms with Crippen molar-refractivity contribution in [1.82, 2.24) is 4.90 Å². The maximum Gasteiger partial charge on any atom is 0.410 e. The largest absolute Gasteiger partial charge is 0.444 e. The van der Waals surface area contributed by atoms with E-state index in [-0.39, 0.29) is 6.09 Å². The first-order valence-electron chi connectivity index (χ1n) is 5.54. The van der Waals surface area contributed by atoms with Crippen LogP contribution < -0.4 is 0 Å². The number of ether oxygens (including phenoxy) is 1. The number of piperidine rings is 1. The molecule has 0 aromatic rings. The number of hydrogen-bond donors (Lipinski definition) is 0. The predicted molar refractivity (Wildman–Crippen MR) is 64.0 cm³/mol. The molecular formula is C13H19NO2. The van der Waals surface area contributed by atoms with Crippen molar-refractivity contribution >= 4 is 6.09 Å². The Balaban J connectivity index is 2.46. The van der Waals surface area contributed by atoms with Crippen LogP contribution >= 0.6 is 0 Å². The first kappa shape index (κ1) is 12.6. The normalized spacial score (nSPS) is 16.6. The molecule has 1 aliphatic rings. The van der Waals surface area contributed by atoms with Gasteiger partial charge < -0.3 is 9.64 Å². The molecule has 1 saturated heterocycles. The van der Waals surface area contributed by atoms with Crippen molar-refractivity contribution in [3.8, 4) is 12.3 Å². The summed E-state index contributed by atoms with van der Waals surface area (Å²) in [5, 5.41) is 0. The quantitative estimate of drug-likeness (QED) is 0.588. The van der Waals surface area contributed by atoms with Gasteiger partial charge in [0.25, 0.3) is 0 Å². The maximum atomic E-state index is 11.7. The van der Waals surface area contributed by atoms with E-state index in [0.717, 1.165) is 12.8 Å². The number of nitrogens with zero attached hydrogens (tertiary/aromatic N) is 1. The third-order valence-electron chi connectivity index (χ3n) is 2.34. The van der Waals surface area contributed by atoms with E-state index in [2.05, 4.69) is 5.92 Å². The Morgan fingerprint density at radius 2 is 2.00 bits per heavy atom. The molecule has 0 bridgehead atoms. The third kappa shape index (κ3) is 3.98. The second-order valence-electron chi connectivity index (χ2n) is 4.94. The number of carbonyl (C=O) groups is 1. The van der Waals surface area contributed by atoms with Gasteiger partial charge in [0.2, 0.25) is 0 Å². The molecule has 0 saturated carbocycles. The average molecular weight is 221 g/mol. The summed E-state index contributed by atoms with van der Waals surface area (Å²) in [7, 11) is 0. The number of rotatable bonds is 0. The van der Waals surface area contributed by atoms with Gasteiger partial charge in [-0.15, -0.1) is 6.42 Å². The van der Waals surface area contributed by atoms with Gasteiger partial charge in [-0.3, -0.25) is 0 Å². The van der Waals surface area contributed by atoms with E-state index in [1.165, 1.54) is 5.57 Å². The molecule has 0 unspecified atom stereocenters. The molecule has 0 aliphatic carbocycles. The molecule has 1 heterocycles. The van der Waals surface area contributed by atoms with Crippen LogP contribution in [-0.4, -0.2) is 29.7 Å². The van der Waals surface area contributed by atoms with Crippen LogP contribution in [0, 0.1) is 12.3 Å². The summed E-state index contributed by atoms with van der Waals surface area (Å²) in [6.45, 7) is 7.01. The summed E-state index contributed by atoms with van der Waals surface area (Å²) in [4.78, 5) is 13.5. The number of likely N-dealkylation sites (tertiary alicyclic amines) is 1. The molecule has 0 N–H and O–H groups in total. The molecule has 1 rings (SSSR count). The summed E-state index contributed by atoms with van der Waals surface area (Å²) in [5.74, 6) is 2.52. The zero-order chi connectivity index (χ0) is 12.2. The van der Waals surface area contributed by atoms with Gasteiger partial charge in [0, 0.05) is 13.1 Å². The highest BCUT2D eigenvalue weighted by molar-refractivity contribution is 5.68. The van der Waals surface area contributed by atoms with Crippen LogP contribution in [-0.2, 0) is 4.74 Å². The molecule has 0 spiro atoms. The van der Waals surface area contributed by atoms with Crippen molar-refractivity contribution in [3.05, 3.63) is 11.6 Å². The van der Waals surface area contributed by atoms with Gasteiger partial charge >= 0.3 is 6.09 Å². The monoisotopic (exact) mass is 221 g/mol. The first-order valence-corrected chi connectivity index (χ1v) is 5.54. The van der Waals surface area contributed by atoms with E-state index in [4.69, 9.17) is 11.2 Å². The maximum absolute atomic E-state index is 11.7. The Bertz CT molecular complexity index is 321. The molecule has 3 heteroatoms. The van der Waals surface area contributed by atoms with E-state index in [1.54, 1.807) is 11.0 Å². The molecule has 3 nitrogen and oxygen atoms in total. The van der Waals surface area contributed by atoms with Gasteiger partial charge in [-0.1, -0.05) is 11.5 Å². The summed E-state index contributed by atoms with van der Waals surface area (Å²) < 4.78 is 5.30. The van der Waals surface area contributed by atoms with Gasteiger partial charge in [0.05, 0.1) is 0 Å². The molecule has 16 heavy (non-hydrogen) atoms. The van der Waals surface area contributed by atoms with Gasteiger partial charge in [-0.05, 0) is 39.7 Å². The number of amides is 1. The van der Waals surface area contributed by atoms with E-state index in [0.29, 0.717) is 13.1 Å². The van der Waals surface area contributed by atoms with E-state index >= 15 is 0 Å². The van der Waals surface area contributed by atoms with Crippen LogP contribution in [0.2, 0.25) is 0 Å². The standard InChI is InChI=1S/C13H19NO2/c1-5-6-11-7-9-14(10-8-11)12(15)16-13(2,3)4/h1,6H,7-10H2,2-4H3. The van der Waals surface area contributed by atoms with Gasteiger partial charge in [0.15, 0.2) is 0 Å². The SMILES string of the molecule is C#CC=C1CCN(C(=O)OC(C)(C)C)CC1. The fourth-order valence-corrected chi connectivity index (χ4v) is 1.57. The van der Waals surface area contributed by atoms with Gasteiger partial charge in [0.1, 0.15) is 5.60 Å². The molecule has 0 atom stereocenters. The van der Waals surface area contributed by atoms with Gasteiger partial charge in [-0.2, -0.15) is 0 Å². The average Bonchev–Trinajstić information content (AvgIpc) is 2.16. The second-order valence-corrected chi connectivity index (χ2v) is 4.94. The highest BCUT2D eigenvalue weighted by atomic mass is 16.6. The molecular weight excluding hydrogens is 202 g/mol. The summed E-state index contributed by atoms with van der Waals surface area (Å²) in [6, 6.07) is 0. The second kappa shape index (κ2) is 5.07. The van der Waals surface area contributed by atoms with Crippen LogP contribution in [0.3, 0.4) is 0 Å². The number of terminal acetylenes is 1. The van der Waals surface area contributed by atoms with Crippen molar-refractivity contribution < 1.29 is 9.53 Å². The summed E-state index contributed by atoms with van der Waals surface area (Å²) >= 11 is 0. The van der Waals surface area contributed by atoms with Crippen molar-refractivity contribution in [1.29, 1.82) is 0 Å². The molecule has 0 aromatic carbocycles. The minimum absolute atomic E-state index is 0.229. The minimum atomic E-state index is -0.425. The lowest BCUT2D eigenvalue weighted by Crippen LogP contribution is -2.40. The van der Waals surface area contributed by atoms with Crippen molar-refractivity contribution in [2.24, 2.45) is 0 Å². The molecule has 1 fully saturated rings. The van der Waals surface area contributed by atoms with E-state index in [9.17, 15) is 4.79 Å². The lowest BCUT2D eigenvalue weighted by Gasteiger charge is -2.30. The van der Waals surface area contributed by atoms with Crippen LogP contribution in [0.25, 0.3) is 0 Å². The fourth-order valence-electron chi connectivity index (χ4n) is 1.57. The molecule has 1 amide bonds. The molecule has 0 aromatic heterocycles. The van der Waals surface area contributed by atoms with E-state index in [1.807, 2.05) is 20.8 Å². The number of hydrogen-bond acceptors (Lipinski definition) is 2. The van der Waals surface area contributed by atoms with Crippen LogP contribution in [0.15, 0.2) is 11.6 Å².